The minimum absolute atomic E-state index is 0.0692. The van der Waals surface area contributed by atoms with Crippen LogP contribution in [-0.2, 0) is 16.4 Å². The van der Waals surface area contributed by atoms with Crippen LogP contribution in [-0.4, -0.2) is 40.2 Å². The average molecular weight is 533 g/mol. The molecule has 4 rings (SSSR count). The molecule has 0 unspecified atom stereocenters. The van der Waals surface area contributed by atoms with Crippen LogP contribution < -0.4 is 4.72 Å². The molecule has 3 aromatic heterocycles. The molecule has 1 N–H and O–H groups in total. The van der Waals surface area contributed by atoms with Crippen LogP contribution in [0.15, 0.2) is 47.6 Å². The van der Waals surface area contributed by atoms with Gasteiger partial charge in [-0.1, -0.05) is 6.92 Å². The molecule has 192 valence electrons. The number of rotatable bonds is 6. The van der Waals surface area contributed by atoms with Crippen molar-refractivity contribution in [3.63, 3.8) is 0 Å². The number of aromatic nitrogens is 4. The highest BCUT2D eigenvalue weighted by Gasteiger charge is 2.39. The number of nitrogens with zero attached hydrogens (tertiary/aromatic N) is 5. The van der Waals surface area contributed by atoms with Crippen molar-refractivity contribution in [3.8, 4) is 23.3 Å². The van der Waals surface area contributed by atoms with Gasteiger partial charge in [0.05, 0.1) is 22.5 Å². The summed E-state index contributed by atoms with van der Waals surface area (Å²) in [5.74, 6) is 0.302. The van der Waals surface area contributed by atoms with Gasteiger partial charge in [0.1, 0.15) is 34.5 Å². The van der Waals surface area contributed by atoms with Crippen LogP contribution >= 0.6 is 0 Å². The number of halogens is 4. The molecule has 0 saturated carbocycles. The molecule has 0 aliphatic rings. The van der Waals surface area contributed by atoms with E-state index in [9.17, 15) is 31.2 Å². The minimum Gasteiger partial charge on any atom is -0.291 e. The van der Waals surface area contributed by atoms with E-state index in [1.54, 1.807) is 35.3 Å². The number of alkyl halides is 3. The van der Waals surface area contributed by atoms with Crippen LogP contribution in [0.4, 0.5) is 17.6 Å². The molecule has 0 fully saturated rings. The Morgan fingerprint density at radius 1 is 1.19 bits per heavy atom. The number of hydrogen-bond donors (Lipinski definition) is 1. The third-order valence-electron chi connectivity index (χ3n) is 5.73. The van der Waals surface area contributed by atoms with Crippen molar-refractivity contribution < 1.29 is 26.0 Å². The Balaban J connectivity index is 1.93. The van der Waals surface area contributed by atoms with Crippen molar-refractivity contribution in [2.24, 2.45) is 0 Å². The van der Waals surface area contributed by atoms with Crippen molar-refractivity contribution in [3.05, 3.63) is 65.5 Å². The topological polar surface area (TPSA) is 114 Å². The minimum atomic E-state index is -4.77. The predicted molar refractivity (Wildman–Crippen MR) is 127 cm³/mol. The average Bonchev–Trinajstić information content (AvgIpc) is 3.15. The van der Waals surface area contributed by atoms with Gasteiger partial charge in [-0.3, -0.25) is 9.55 Å². The lowest BCUT2D eigenvalue weighted by Gasteiger charge is -2.17. The summed E-state index contributed by atoms with van der Waals surface area (Å²) in [5.41, 5.74) is 1.29. The normalized spacial score (nSPS) is 13.0. The van der Waals surface area contributed by atoms with Gasteiger partial charge in [-0.15, -0.1) is 0 Å². The number of nitrogens with one attached hydrogen (secondary N) is 1. The molecule has 3 heterocycles. The third kappa shape index (κ3) is 4.90. The Labute approximate surface area is 209 Å². The first-order chi connectivity index (χ1) is 17.4. The van der Waals surface area contributed by atoms with Crippen LogP contribution in [0.5, 0.6) is 0 Å². The Morgan fingerprint density at radius 2 is 1.92 bits per heavy atom. The SMILES string of the molecule is CCc1cc2c(cc1F)c(C#N)c(-c1ccc(S(=O)(=O)N[C@@H](C)C(F)(F)F)cn1)n2-c1ccnc(C)n1. The van der Waals surface area contributed by atoms with Crippen molar-refractivity contribution in [2.75, 3.05) is 0 Å². The van der Waals surface area contributed by atoms with E-state index >= 15 is 0 Å². The third-order valence-corrected chi connectivity index (χ3v) is 7.26. The molecule has 0 aliphatic carbocycles. The lowest BCUT2D eigenvalue weighted by Crippen LogP contribution is -2.42. The Kier molecular flexibility index (Phi) is 6.74. The first kappa shape index (κ1) is 26.2. The highest BCUT2D eigenvalue weighted by Crippen LogP contribution is 2.36. The lowest BCUT2D eigenvalue weighted by molar-refractivity contribution is -0.147. The molecule has 0 spiro atoms. The number of fused-ring (bicyclic) bond motifs is 1. The second-order valence-corrected chi connectivity index (χ2v) is 9.92. The smallest absolute Gasteiger partial charge is 0.291 e. The molecule has 8 nitrogen and oxygen atoms in total. The van der Waals surface area contributed by atoms with E-state index in [0.717, 1.165) is 12.3 Å². The Hall–Kier alpha value is -3.89. The maximum absolute atomic E-state index is 14.7. The number of aryl methyl sites for hydroxylation is 2. The maximum atomic E-state index is 14.7. The molecular formula is C24H20F4N6O2S. The first-order valence-corrected chi connectivity index (χ1v) is 12.5. The standard InChI is InChI=1S/C24H20F4N6O2S/c1-4-15-9-21-17(10-19(15)25)18(11-29)23(34(21)22-7-8-30-14(3)32-22)20-6-5-16(12-31-20)37(35,36)33-13(2)24(26,27)28/h5-10,12-13,33H,4H2,1-3H3/t13-/m0/s1. The molecule has 4 aromatic rings. The van der Waals surface area contributed by atoms with Gasteiger partial charge in [0.15, 0.2) is 0 Å². The summed E-state index contributed by atoms with van der Waals surface area (Å²) in [7, 11) is -4.54. The van der Waals surface area contributed by atoms with Gasteiger partial charge in [-0.25, -0.2) is 22.8 Å². The molecule has 37 heavy (non-hydrogen) atoms. The Bertz CT molecular complexity index is 1640. The fourth-order valence-corrected chi connectivity index (χ4v) is 5.00. The summed E-state index contributed by atoms with van der Waals surface area (Å²) in [6.07, 6.45) is -1.97. The monoisotopic (exact) mass is 532 g/mol. The van der Waals surface area contributed by atoms with Crippen molar-refractivity contribution in [2.45, 2.75) is 44.3 Å². The van der Waals surface area contributed by atoms with E-state index in [1.165, 1.54) is 18.3 Å². The summed E-state index contributed by atoms with van der Waals surface area (Å²) in [4.78, 5) is 12.2. The van der Waals surface area contributed by atoms with Gasteiger partial charge in [0, 0.05) is 17.8 Å². The summed E-state index contributed by atoms with van der Waals surface area (Å²) >= 11 is 0. The molecule has 1 aromatic carbocycles. The fraction of sp³-hybridized carbons (Fsp3) is 0.250. The number of nitriles is 1. The van der Waals surface area contributed by atoms with Gasteiger partial charge in [0.2, 0.25) is 10.0 Å². The number of sulfonamides is 1. The van der Waals surface area contributed by atoms with Gasteiger partial charge < -0.3 is 0 Å². The molecule has 0 radical (unpaired) electrons. The van der Waals surface area contributed by atoms with Crippen LogP contribution in [0.1, 0.15) is 30.8 Å². The zero-order valence-electron chi connectivity index (χ0n) is 19.8. The maximum Gasteiger partial charge on any atom is 0.404 e. The van der Waals surface area contributed by atoms with E-state index in [2.05, 4.69) is 21.0 Å². The summed E-state index contributed by atoms with van der Waals surface area (Å²) in [5, 5.41) is 10.3. The predicted octanol–water partition coefficient (Wildman–Crippen LogP) is 4.59. The van der Waals surface area contributed by atoms with E-state index in [4.69, 9.17) is 0 Å². The second kappa shape index (κ2) is 9.53. The summed E-state index contributed by atoms with van der Waals surface area (Å²) < 4.78 is 81.4. The number of benzene rings is 1. The van der Waals surface area contributed by atoms with E-state index in [1.807, 2.05) is 0 Å². The second-order valence-electron chi connectivity index (χ2n) is 8.21. The van der Waals surface area contributed by atoms with Crippen molar-refractivity contribution >= 4 is 20.9 Å². The van der Waals surface area contributed by atoms with Crippen molar-refractivity contribution in [1.82, 2.24) is 24.2 Å². The van der Waals surface area contributed by atoms with E-state index in [-0.39, 0.29) is 17.0 Å². The van der Waals surface area contributed by atoms with Crippen molar-refractivity contribution in [1.29, 1.82) is 5.26 Å². The zero-order valence-corrected chi connectivity index (χ0v) is 20.6. The van der Waals surface area contributed by atoms with Crippen LogP contribution in [0, 0.1) is 24.1 Å². The molecule has 0 bridgehead atoms. The number of hydrogen-bond acceptors (Lipinski definition) is 6. The van der Waals surface area contributed by atoms with Gasteiger partial charge >= 0.3 is 6.18 Å². The molecule has 0 saturated heterocycles. The summed E-state index contributed by atoms with van der Waals surface area (Å²) in [6.45, 7) is 4.14. The number of pyridine rings is 1. The van der Waals surface area contributed by atoms with Gasteiger partial charge in [-0.05, 0) is 56.2 Å². The van der Waals surface area contributed by atoms with E-state index in [0.29, 0.717) is 41.5 Å². The molecular weight excluding hydrogens is 512 g/mol. The van der Waals surface area contributed by atoms with E-state index < -0.39 is 33.0 Å². The molecule has 1 atom stereocenters. The summed E-state index contributed by atoms with van der Waals surface area (Å²) in [6, 6.07) is 6.55. The molecule has 13 heteroatoms. The van der Waals surface area contributed by atoms with Crippen LogP contribution in [0.3, 0.4) is 0 Å². The quantitative estimate of drug-likeness (QED) is 0.364. The molecule has 0 amide bonds. The fourth-order valence-electron chi connectivity index (χ4n) is 3.83. The highest BCUT2D eigenvalue weighted by molar-refractivity contribution is 7.89. The largest absolute Gasteiger partial charge is 0.404 e. The van der Waals surface area contributed by atoms with Gasteiger partial charge in [0.25, 0.3) is 0 Å². The molecule has 0 aliphatic heterocycles. The van der Waals surface area contributed by atoms with Crippen LogP contribution in [0.25, 0.3) is 28.1 Å². The van der Waals surface area contributed by atoms with Crippen LogP contribution in [0.2, 0.25) is 0 Å². The highest BCUT2D eigenvalue weighted by atomic mass is 32.2. The van der Waals surface area contributed by atoms with Gasteiger partial charge in [-0.2, -0.15) is 23.2 Å². The Morgan fingerprint density at radius 3 is 2.49 bits per heavy atom. The first-order valence-electron chi connectivity index (χ1n) is 11.0. The zero-order chi connectivity index (χ0) is 27.1. The lowest BCUT2D eigenvalue weighted by atomic mass is 10.1.